The summed E-state index contributed by atoms with van der Waals surface area (Å²) in [6, 6.07) is 11.2. The van der Waals surface area contributed by atoms with Crippen molar-refractivity contribution < 1.29 is 13.8 Å². The molecule has 0 atom stereocenters. The van der Waals surface area contributed by atoms with Crippen LogP contribution >= 0.6 is 0 Å². The molecule has 25 heavy (non-hydrogen) atoms. The van der Waals surface area contributed by atoms with Crippen molar-refractivity contribution in [2.24, 2.45) is 5.92 Å². The second kappa shape index (κ2) is 7.74. The van der Waals surface area contributed by atoms with Gasteiger partial charge in [0.2, 0.25) is 5.76 Å². The summed E-state index contributed by atoms with van der Waals surface area (Å²) in [4.78, 5) is 16.4. The van der Waals surface area contributed by atoms with Gasteiger partial charge in [0.25, 0.3) is 11.8 Å². The molecule has 1 amide bonds. The molecule has 3 rings (SSSR count). The fourth-order valence-corrected chi connectivity index (χ4v) is 2.36. The fraction of sp³-hybridized carbons (Fsp3) is 0.333. The number of nitrogens with zero attached hydrogens (tertiary/aromatic N) is 3. The molecule has 1 aromatic carbocycles. The molecule has 130 valence electrons. The summed E-state index contributed by atoms with van der Waals surface area (Å²) in [5.74, 6) is 1.38. The van der Waals surface area contributed by atoms with E-state index in [4.69, 9.17) is 9.05 Å². The summed E-state index contributed by atoms with van der Waals surface area (Å²) in [5.41, 5.74) is 1.65. The molecule has 0 aliphatic heterocycles. The van der Waals surface area contributed by atoms with Crippen LogP contribution in [0.25, 0.3) is 11.5 Å². The predicted molar refractivity (Wildman–Crippen MR) is 90.8 cm³/mol. The molecule has 1 N–H and O–H groups in total. The lowest BCUT2D eigenvalue weighted by atomic mass is 10.1. The molecule has 0 saturated carbocycles. The quantitative estimate of drug-likeness (QED) is 0.711. The summed E-state index contributed by atoms with van der Waals surface area (Å²) < 4.78 is 10.3. The number of hydrogen-bond donors (Lipinski definition) is 1. The molecule has 0 saturated heterocycles. The van der Waals surface area contributed by atoms with E-state index < -0.39 is 0 Å². The van der Waals surface area contributed by atoms with Gasteiger partial charge >= 0.3 is 0 Å². The average molecular weight is 340 g/mol. The molecular weight excluding hydrogens is 320 g/mol. The number of carbonyl (C=O) groups excluding carboxylic acids is 1. The smallest absolute Gasteiger partial charge is 0.289 e. The Kier molecular flexibility index (Phi) is 5.23. The van der Waals surface area contributed by atoms with Gasteiger partial charge in [-0.25, -0.2) is 0 Å². The number of nitrogens with one attached hydrogen (secondary N) is 1. The maximum Gasteiger partial charge on any atom is 0.289 e. The number of benzene rings is 1. The minimum Gasteiger partial charge on any atom is -0.351 e. The van der Waals surface area contributed by atoms with Gasteiger partial charge in [-0.05, 0) is 24.5 Å². The first-order chi connectivity index (χ1) is 12.1. The largest absolute Gasteiger partial charge is 0.351 e. The SMILES string of the molecule is CC(C)Cc1cc(C(=O)NCCc2noc(-c3ccccc3)n2)on1. The second-order valence-corrected chi connectivity index (χ2v) is 6.17. The summed E-state index contributed by atoms with van der Waals surface area (Å²) in [7, 11) is 0. The van der Waals surface area contributed by atoms with Crippen LogP contribution in [0, 0.1) is 5.92 Å². The van der Waals surface area contributed by atoms with Gasteiger partial charge in [-0.15, -0.1) is 0 Å². The molecule has 0 spiro atoms. The first-order valence-corrected chi connectivity index (χ1v) is 8.23. The van der Waals surface area contributed by atoms with E-state index in [1.165, 1.54) is 0 Å². The Balaban J connectivity index is 1.50. The lowest BCUT2D eigenvalue weighted by Crippen LogP contribution is -2.25. The molecule has 7 nitrogen and oxygen atoms in total. The highest BCUT2D eigenvalue weighted by atomic mass is 16.5. The molecule has 2 heterocycles. The van der Waals surface area contributed by atoms with Crippen molar-refractivity contribution in [1.82, 2.24) is 20.6 Å². The molecule has 0 fully saturated rings. The molecule has 0 aliphatic carbocycles. The van der Waals surface area contributed by atoms with Gasteiger partial charge in [-0.1, -0.05) is 42.4 Å². The van der Waals surface area contributed by atoms with E-state index in [0.29, 0.717) is 30.6 Å². The van der Waals surface area contributed by atoms with Crippen LogP contribution in [0.3, 0.4) is 0 Å². The summed E-state index contributed by atoms with van der Waals surface area (Å²) in [6.07, 6.45) is 1.25. The van der Waals surface area contributed by atoms with Gasteiger partial charge in [-0.3, -0.25) is 4.79 Å². The first-order valence-electron chi connectivity index (χ1n) is 8.23. The van der Waals surface area contributed by atoms with Crippen LogP contribution in [-0.2, 0) is 12.8 Å². The summed E-state index contributed by atoms with van der Waals surface area (Å²) >= 11 is 0. The zero-order chi connectivity index (χ0) is 17.6. The Labute approximate surface area is 145 Å². The lowest BCUT2D eigenvalue weighted by molar-refractivity contribution is 0.0917. The normalized spacial score (nSPS) is 11.0. The Morgan fingerprint density at radius 1 is 1.16 bits per heavy atom. The predicted octanol–water partition coefficient (Wildman–Crippen LogP) is 2.90. The van der Waals surface area contributed by atoms with Gasteiger partial charge in [0.15, 0.2) is 5.82 Å². The van der Waals surface area contributed by atoms with Crippen LogP contribution in [0.15, 0.2) is 45.4 Å². The summed E-state index contributed by atoms with van der Waals surface area (Å²) in [5, 5.41) is 10.6. The second-order valence-electron chi connectivity index (χ2n) is 6.17. The van der Waals surface area contributed by atoms with Gasteiger partial charge in [0.1, 0.15) is 0 Å². The van der Waals surface area contributed by atoms with Crippen molar-refractivity contribution in [3.8, 4) is 11.5 Å². The maximum atomic E-state index is 12.1. The highest BCUT2D eigenvalue weighted by molar-refractivity contribution is 5.91. The monoisotopic (exact) mass is 340 g/mol. The topological polar surface area (TPSA) is 94.1 Å². The molecule has 3 aromatic rings. The third kappa shape index (κ3) is 4.53. The van der Waals surface area contributed by atoms with E-state index in [1.807, 2.05) is 30.3 Å². The molecule has 2 aromatic heterocycles. The van der Waals surface area contributed by atoms with E-state index in [1.54, 1.807) is 6.07 Å². The van der Waals surface area contributed by atoms with Crippen LogP contribution in [0.5, 0.6) is 0 Å². The molecule has 0 radical (unpaired) electrons. The van der Waals surface area contributed by atoms with Crippen molar-refractivity contribution in [2.75, 3.05) is 6.54 Å². The third-order valence-electron chi connectivity index (χ3n) is 3.52. The van der Waals surface area contributed by atoms with Crippen molar-refractivity contribution in [3.63, 3.8) is 0 Å². The fourth-order valence-electron chi connectivity index (χ4n) is 2.36. The van der Waals surface area contributed by atoms with Crippen molar-refractivity contribution in [1.29, 1.82) is 0 Å². The van der Waals surface area contributed by atoms with E-state index in [-0.39, 0.29) is 11.7 Å². The highest BCUT2D eigenvalue weighted by Crippen LogP contribution is 2.16. The van der Waals surface area contributed by atoms with Gasteiger partial charge in [0.05, 0.1) is 5.69 Å². The Hall–Kier alpha value is -2.96. The molecular formula is C18H20N4O3. The van der Waals surface area contributed by atoms with Gasteiger partial charge < -0.3 is 14.4 Å². The Morgan fingerprint density at radius 3 is 2.72 bits per heavy atom. The summed E-state index contributed by atoms with van der Waals surface area (Å²) in [6.45, 7) is 4.55. The van der Waals surface area contributed by atoms with Crippen LogP contribution in [0.1, 0.15) is 35.9 Å². The number of rotatable bonds is 7. The van der Waals surface area contributed by atoms with E-state index in [9.17, 15) is 4.79 Å². The van der Waals surface area contributed by atoms with E-state index >= 15 is 0 Å². The molecule has 0 unspecified atom stereocenters. The molecule has 0 aliphatic rings. The number of hydrogen-bond acceptors (Lipinski definition) is 6. The highest BCUT2D eigenvalue weighted by Gasteiger charge is 2.14. The minimum atomic E-state index is -0.297. The van der Waals surface area contributed by atoms with Crippen LogP contribution in [0.2, 0.25) is 0 Å². The minimum absolute atomic E-state index is 0.216. The van der Waals surface area contributed by atoms with Gasteiger partial charge in [0, 0.05) is 24.6 Å². The molecule has 0 bridgehead atoms. The zero-order valence-corrected chi connectivity index (χ0v) is 14.2. The van der Waals surface area contributed by atoms with Crippen molar-refractivity contribution >= 4 is 5.91 Å². The third-order valence-corrected chi connectivity index (χ3v) is 3.52. The standard InChI is InChI=1S/C18H20N4O3/c1-12(2)10-14-11-15(24-21-14)17(23)19-9-8-16-20-18(25-22-16)13-6-4-3-5-7-13/h3-7,11-12H,8-10H2,1-2H3,(H,19,23). The van der Waals surface area contributed by atoms with Crippen LogP contribution in [-0.4, -0.2) is 27.7 Å². The molecule has 7 heteroatoms. The van der Waals surface area contributed by atoms with Crippen LogP contribution < -0.4 is 5.32 Å². The Morgan fingerprint density at radius 2 is 1.96 bits per heavy atom. The lowest BCUT2D eigenvalue weighted by Gasteiger charge is -1.99. The van der Waals surface area contributed by atoms with E-state index in [2.05, 4.69) is 34.5 Å². The number of aromatic nitrogens is 3. The van der Waals surface area contributed by atoms with Crippen molar-refractivity contribution in [2.45, 2.75) is 26.7 Å². The zero-order valence-electron chi connectivity index (χ0n) is 14.2. The van der Waals surface area contributed by atoms with Gasteiger partial charge in [-0.2, -0.15) is 4.98 Å². The first kappa shape index (κ1) is 16.9. The maximum absolute atomic E-state index is 12.1. The van der Waals surface area contributed by atoms with E-state index in [0.717, 1.165) is 17.7 Å². The van der Waals surface area contributed by atoms with Crippen LogP contribution in [0.4, 0.5) is 0 Å². The number of carbonyl (C=O) groups is 1. The Bertz CT molecular complexity index is 824. The average Bonchev–Trinajstić information content (AvgIpc) is 3.25. The van der Waals surface area contributed by atoms with Crippen molar-refractivity contribution in [3.05, 3.63) is 53.7 Å². The number of amides is 1.